The van der Waals surface area contributed by atoms with Gasteiger partial charge in [0.25, 0.3) is 0 Å². The lowest BCUT2D eigenvalue weighted by atomic mass is 9.99. The summed E-state index contributed by atoms with van der Waals surface area (Å²) < 4.78 is 27.3. The van der Waals surface area contributed by atoms with Crippen LogP contribution in [0.25, 0.3) is 0 Å². The molecule has 2 heterocycles. The maximum atomic E-state index is 11.3. The molecule has 2 rings (SSSR count). The number of rotatable bonds is 7. The molecule has 0 saturated carbocycles. The number of aromatic nitrogens is 2. The molecule has 1 aromatic heterocycles. The molecule has 1 N–H and O–H groups in total. The molecule has 7 heteroatoms. The van der Waals surface area contributed by atoms with Crippen molar-refractivity contribution in [2.75, 3.05) is 32.9 Å². The Morgan fingerprint density at radius 2 is 2.35 bits per heavy atom. The highest BCUT2D eigenvalue weighted by Gasteiger charge is 2.20. The van der Waals surface area contributed by atoms with Gasteiger partial charge in [-0.1, -0.05) is 0 Å². The van der Waals surface area contributed by atoms with Crippen molar-refractivity contribution in [3.63, 3.8) is 0 Å². The highest BCUT2D eigenvalue weighted by molar-refractivity contribution is 7.89. The van der Waals surface area contributed by atoms with Crippen LogP contribution in [0.5, 0.6) is 0 Å². The molecular weight excluding hydrogens is 276 g/mol. The Labute approximate surface area is 121 Å². The first-order chi connectivity index (χ1) is 9.50. The van der Waals surface area contributed by atoms with E-state index in [0.29, 0.717) is 12.3 Å². The zero-order valence-corrected chi connectivity index (χ0v) is 13.1. The second-order valence-corrected chi connectivity index (χ2v) is 7.59. The number of nitrogens with one attached hydrogen (secondary N) is 1. The van der Waals surface area contributed by atoms with Gasteiger partial charge in [0.05, 0.1) is 5.75 Å². The molecule has 0 radical (unpaired) electrons. The fourth-order valence-corrected chi connectivity index (χ4v) is 3.46. The minimum absolute atomic E-state index is 0.199. The summed E-state index contributed by atoms with van der Waals surface area (Å²) in [4.78, 5) is 6.57. The standard InChI is InChI=1S/C13H24N4O2S/c1-14-20(18,19)9-3-7-16(2)10-12-4-5-13-15-6-8-17(13)11-12/h6,8,12,14H,3-5,7,9-11H2,1-2H3. The molecule has 1 aliphatic heterocycles. The zero-order chi connectivity index (χ0) is 14.6. The third kappa shape index (κ3) is 4.29. The second kappa shape index (κ2) is 6.69. The summed E-state index contributed by atoms with van der Waals surface area (Å²) in [5, 5.41) is 0. The molecule has 1 aliphatic rings. The monoisotopic (exact) mass is 300 g/mol. The first-order valence-electron chi connectivity index (χ1n) is 7.10. The molecule has 114 valence electrons. The summed E-state index contributed by atoms with van der Waals surface area (Å²) in [6.07, 6.45) is 6.78. The molecule has 1 atom stereocenters. The van der Waals surface area contributed by atoms with E-state index in [4.69, 9.17) is 0 Å². The van der Waals surface area contributed by atoms with Gasteiger partial charge in [0.1, 0.15) is 5.82 Å². The number of imidazole rings is 1. The normalized spacial score (nSPS) is 19.2. The molecule has 0 amide bonds. The van der Waals surface area contributed by atoms with Crippen LogP contribution in [0.4, 0.5) is 0 Å². The second-order valence-electron chi connectivity index (χ2n) is 5.54. The van der Waals surface area contributed by atoms with Crippen LogP contribution >= 0.6 is 0 Å². The third-order valence-electron chi connectivity index (χ3n) is 3.87. The summed E-state index contributed by atoms with van der Waals surface area (Å²) in [5.74, 6) is 2.01. The van der Waals surface area contributed by atoms with Gasteiger partial charge in [-0.2, -0.15) is 0 Å². The number of nitrogens with zero attached hydrogens (tertiary/aromatic N) is 3. The van der Waals surface area contributed by atoms with Crippen LogP contribution in [0.15, 0.2) is 12.4 Å². The molecule has 0 aromatic carbocycles. The quantitative estimate of drug-likeness (QED) is 0.787. The van der Waals surface area contributed by atoms with Crippen LogP contribution in [-0.4, -0.2) is 55.8 Å². The van der Waals surface area contributed by atoms with Crippen LogP contribution in [0.1, 0.15) is 18.7 Å². The van der Waals surface area contributed by atoms with Crippen molar-refractivity contribution in [2.24, 2.45) is 5.92 Å². The van der Waals surface area contributed by atoms with Gasteiger partial charge in [-0.05, 0) is 39.4 Å². The van der Waals surface area contributed by atoms with Crippen LogP contribution < -0.4 is 4.72 Å². The van der Waals surface area contributed by atoms with Crippen molar-refractivity contribution >= 4 is 10.0 Å². The molecule has 0 spiro atoms. The van der Waals surface area contributed by atoms with Gasteiger partial charge in [-0.25, -0.2) is 18.1 Å². The fourth-order valence-electron chi connectivity index (χ4n) is 2.74. The van der Waals surface area contributed by atoms with E-state index in [1.54, 1.807) is 0 Å². The minimum atomic E-state index is -3.07. The van der Waals surface area contributed by atoms with Gasteiger partial charge in [-0.3, -0.25) is 0 Å². The van der Waals surface area contributed by atoms with Gasteiger partial charge < -0.3 is 9.47 Å². The predicted octanol–water partition coefficient (Wildman–Crippen LogP) is 0.317. The van der Waals surface area contributed by atoms with E-state index in [9.17, 15) is 8.42 Å². The number of fused-ring (bicyclic) bond motifs is 1. The molecule has 0 bridgehead atoms. The maximum Gasteiger partial charge on any atom is 0.211 e. The number of aryl methyl sites for hydroxylation is 1. The summed E-state index contributed by atoms with van der Waals surface area (Å²) in [6.45, 7) is 2.85. The lowest BCUT2D eigenvalue weighted by Crippen LogP contribution is -2.33. The molecule has 0 aliphatic carbocycles. The maximum absolute atomic E-state index is 11.3. The van der Waals surface area contributed by atoms with E-state index in [2.05, 4.69) is 26.2 Å². The Bertz CT molecular complexity index is 526. The van der Waals surface area contributed by atoms with Gasteiger partial charge in [-0.15, -0.1) is 0 Å². The summed E-state index contributed by atoms with van der Waals surface area (Å²) >= 11 is 0. The highest BCUT2D eigenvalue weighted by Crippen LogP contribution is 2.19. The highest BCUT2D eigenvalue weighted by atomic mass is 32.2. The van der Waals surface area contributed by atoms with Gasteiger partial charge in [0, 0.05) is 31.9 Å². The average Bonchev–Trinajstić information content (AvgIpc) is 2.86. The summed E-state index contributed by atoms with van der Waals surface area (Å²) in [7, 11) is 0.457. The average molecular weight is 300 g/mol. The lowest BCUT2D eigenvalue weighted by Gasteiger charge is -2.28. The molecule has 20 heavy (non-hydrogen) atoms. The first kappa shape index (κ1) is 15.5. The number of hydrogen-bond donors (Lipinski definition) is 1. The smallest absolute Gasteiger partial charge is 0.211 e. The van der Waals surface area contributed by atoms with Crippen LogP contribution in [0.3, 0.4) is 0 Å². The van der Waals surface area contributed by atoms with Crippen molar-refractivity contribution < 1.29 is 8.42 Å². The SMILES string of the molecule is CNS(=O)(=O)CCCN(C)CC1CCc2nccn2C1. The Hall–Kier alpha value is -0.920. The zero-order valence-electron chi connectivity index (χ0n) is 12.2. The van der Waals surface area contributed by atoms with E-state index in [-0.39, 0.29) is 5.75 Å². The van der Waals surface area contributed by atoms with Crippen LogP contribution in [-0.2, 0) is 23.0 Å². The van der Waals surface area contributed by atoms with Gasteiger partial charge in [0.15, 0.2) is 0 Å². The first-order valence-corrected chi connectivity index (χ1v) is 8.75. The molecule has 0 fully saturated rings. The summed E-state index contributed by atoms with van der Waals surface area (Å²) in [5.41, 5.74) is 0. The van der Waals surface area contributed by atoms with Crippen LogP contribution in [0.2, 0.25) is 0 Å². The number of sulfonamides is 1. The van der Waals surface area contributed by atoms with Crippen LogP contribution in [0, 0.1) is 5.92 Å². The predicted molar refractivity (Wildman–Crippen MR) is 79.0 cm³/mol. The van der Waals surface area contributed by atoms with Crippen molar-refractivity contribution in [1.29, 1.82) is 0 Å². The Morgan fingerprint density at radius 1 is 1.55 bits per heavy atom. The molecule has 1 aromatic rings. The molecule has 6 nitrogen and oxygen atoms in total. The Kier molecular flexibility index (Phi) is 5.17. The lowest BCUT2D eigenvalue weighted by molar-refractivity contribution is 0.235. The van der Waals surface area contributed by atoms with Crippen molar-refractivity contribution in [1.82, 2.24) is 19.2 Å². The Balaban J connectivity index is 1.72. The third-order valence-corrected chi connectivity index (χ3v) is 5.31. The summed E-state index contributed by atoms with van der Waals surface area (Å²) in [6, 6.07) is 0. The van der Waals surface area contributed by atoms with Crippen molar-refractivity contribution in [3.05, 3.63) is 18.2 Å². The van der Waals surface area contributed by atoms with Crippen molar-refractivity contribution in [3.8, 4) is 0 Å². The van der Waals surface area contributed by atoms with E-state index < -0.39 is 10.0 Å². The van der Waals surface area contributed by atoms with Gasteiger partial charge in [0.2, 0.25) is 10.0 Å². The van der Waals surface area contributed by atoms with Crippen molar-refractivity contribution in [2.45, 2.75) is 25.8 Å². The minimum Gasteiger partial charge on any atom is -0.335 e. The van der Waals surface area contributed by atoms with E-state index in [1.165, 1.54) is 12.9 Å². The molecule has 1 unspecified atom stereocenters. The van der Waals surface area contributed by atoms with E-state index in [0.717, 1.165) is 32.5 Å². The van der Waals surface area contributed by atoms with Gasteiger partial charge >= 0.3 is 0 Å². The Morgan fingerprint density at radius 3 is 3.10 bits per heavy atom. The molecule has 0 saturated heterocycles. The largest absolute Gasteiger partial charge is 0.335 e. The van der Waals surface area contributed by atoms with E-state index >= 15 is 0 Å². The topological polar surface area (TPSA) is 67.2 Å². The molecular formula is C13H24N4O2S. The fraction of sp³-hybridized carbons (Fsp3) is 0.769. The number of hydrogen-bond acceptors (Lipinski definition) is 4. The van der Waals surface area contributed by atoms with E-state index in [1.807, 2.05) is 12.4 Å².